The molecule has 2 heterocycles. The number of pyridine rings is 1. The van der Waals surface area contributed by atoms with Crippen LogP contribution in [0.15, 0.2) is 48.2 Å². The molecule has 14 heavy (non-hydrogen) atoms. The smallest absolute Gasteiger partial charge is 0.249 e. The second kappa shape index (κ2) is 3.86. The largest absolute Gasteiger partial charge is 0.359 e. The zero-order valence-electron chi connectivity index (χ0n) is 8.01. The summed E-state index contributed by atoms with van der Waals surface area (Å²) in [6, 6.07) is 5.84. The molecule has 0 radical (unpaired) electrons. The van der Waals surface area contributed by atoms with E-state index in [1.54, 1.807) is 12.4 Å². The Morgan fingerprint density at radius 2 is 2.29 bits per heavy atom. The van der Waals surface area contributed by atoms with Crippen LogP contribution in [0.4, 0.5) is 0 Å². The van der Waals surface area contributed by atoms with Gasteiger partial charge in [0.05, 0.1) is 5.57 Å². The van der Waals surface area contributed by atoms with E-state index in [2.05, 4.69) is 9.65 Å². The minimum Gasteiger partial charge on any atom is -0.249 e. The van der Waals surface area contributed by atoms with Gasteiger partial charge in [0.1, 0.15) is 0 Å². The molecule has 0 amide bonds. The number of aromatic nitrogens is 1. The van der Waals surface area contributed by atoms with Crippen molar-refractivity contribution < 1.29 is 0 Å². The maximum absolute atomic E-state index is 4.33. The molecule has 0 saturated carbocycles. The molecule has 0 aromatic carbocycles. The second-order valence-corrected chi connectivity index (χ2v) is 2.94. The van der Waals surface area contributed by atoms with Gasteiger partial charge in [-0.2, -0.15) is 0 Å². The monoisotopic (exact) mass is 183 g/mol. The molecule has 0 spiro atoms. The highest BCUT2D eigenvalue weighted by atomic mass is 14.7. The number of hydrogen-bond donors (Lipinski definition) is 0. The van der Waals surface area contributed by atoms with Gasteiger partial charge in [0.15, 0.2) is 5.69 Å². The van der Waals surface area contributed by atoms with Crippen molar-refractivity contribution in [2.75, 3.05) is 0 Å². The maximum atomic E-state index is 4.33. The fourth-order valence-electron chi connectivity index (χ4n) is 1.37. The van der Waals surface area contributed by atoms with Gasteiger partial charge < -0.3 is 0 Å². The zero-order valence-corrected chi connectivity index (χ0v) is 8.01. The molecule has 0 N–H and O–H groups in total. The topological polar surface area (TPSA) is 27.0 Å². The van der Waals surface area contributed by atoms with Crippen molar-refractivity contribution in [2.24, 2.45) is 0 Å². The normalized spacial score (nSPS) is 17.2. The summed E-state index contributed by atoms with van der Waals surface area (Å²) in [4.78, 5) is 4.28. The van der Waals surface area contributed by atoms with Crippen LogP contribution in [0, 0.1) is 0 Å². The minimum atomic E-state index is 0.918. The highest BCUT2D eigenvalue weighted by molar-refractivity contribution is 6.15. The van der Waals surface area contributed by atoms with Crippen LogP contribution in [0.2, 0.25) is 0 Å². The van der Waals surface area contributed by atoms with Crippen LogP contribution in [-0.4, -0.2) is 16.9 Å². The third-order valence-corrected chi connectivity index (χ3v) is 2.06. The molecule has 1 aromatic rings. The van der Waals surface area contributed by atoms with E-state index >= 15 is 0 Å². The Hall–Kier alpha value is -1.92. The molecule has 0 bridgehead atoms. The van der Waals surface area contributed by atoms with Crippen LogP contribution >= 0.6 is 0 Å². The molecular formula is C12H11N2+. The van der Waals surface area contributed by atoms with E-state index in [0.29, 0.717) is 0 Å². The summed E-state index contributed by atoms with van der Waals surface area (Å²) in [7, 11) is 0. The lowest BCUT2D eigenvalue weighted by atomic mass is 10.1. The summed E-state index contributed by atoms with van der Waals surface area (Å²) in [6.07, 6.45) is 9.58. The van der Waals surface area contributed by atoms with E-state index in [9.17, 15) is 0 Å². The summed E-state index contributed by atoms with van der Waals surface area (Å²) in [5.74, 6) is 0. The lowest BCUT2D eigenvalue weighted by molar-refractivity contribution is 1.28. The highest BCUT2D eigenvalue weighted by Crippen LogP contribution is 2.07. The molecule has 1 aromatic heterocycles. The first-order valence-corrected chi connectivity index (χ1v) is 4.57. The molecule has 2 heteroatoms. The zero-order chi connectivity index (χ0) is 9.80. The van der Waals surface area contributed by atoms with Gasteiger partial charge in [0, 0.05) is 12.3 Å². The Labute approximate surface area is 83.1 Å². The van der Waals surface area contributed by atoms with Gasteiger partial charge in [-0.3, -0.25) is 0 Å². The quantitative estimate of drug-likeness (QED) is 0.606. The highest BCUT2D eigenvalue weighted by Gasteiger charge is 2.19. The average Bonchev–Trinajstić information content (AvgIpc) is 2.30. The van der Waals surface area contributed by atoms with Crippen molar-refractivity contribution in [1.82, 2.24) is 9.65 Å². The van der Waals surface area contributed by atoms with E-state index < -0.39 is 0 Å². The van der Waals surface area contributed by atoms with Gasteiger partial charge in [-0.05, 0) is 25.1 Å². The standard InChI is InChI=1S/C12H11N2/c1-2-10-6-5-9-14-12(10)11-7-3-4-8-13-11/h2-9H,1H3/q+1. The third kappa shape index (κ3) is 1.56. The van der Waals surface area contributed by atoms with Crippen LogP contribution in [0.1, 0.15) is 12.6 Å². The molecule has 0 saturated heterocycles. The number of nitrogens with zero attached hydrogens (tertiary/aromatic N) is 2. The second-order valence-electron chi connectivity index (χ2n) is 2.94. The third-order valence-electron chi connectivity index (χ3n) is 2.06. The summed E-state index contributed by atoms with van der Waals surface area (Å²) >= 11 is 0. The Morgan fingerprint density at radius 3 is 3.00 bits per heavy atom. The van der Waals surface area contributed by atoms with E-state index in [-0.39, 0.29) is 0 Å². The van der Waals surface area contributed by atoms with Crippen molar-refractivity contribution in [3.05, 3.63) is 53.9 Å². The molecule has 2 rings (SSSR count). The predicted molar refractivity (Wildman–Crippen MR) is 59.4 cm³/mol. The summed E-state index contributed by atoms with van der Waals surface area (Å²) in [6.45, 7) is 2.00. The Kier molecular flexibility index (Phi) is 2.39. The average molecular weight is 183 g/mol. The van der Waals surface area contributed by atoms with Gasteiger partial charge in [0.2, 0.25) is 0 Å². The Balaban J connectivity index is 2.51. The molecule has 0 unspecified atom stereocenters. The Morgan fingerprint density at radius 1 is 1.36 bits per heavy atom. The number of allylic oxidation sites excluding steroid dienone is 4. The fraction of sp³-hybridized carbons (Fsp3) is 0.0833. The van der Waals surface area contributed by atoms with Gasteiger partial charge in [-0.25, -0.2) is 4.98 Å². The molecule has 2 nitrogen and oxygen atoms in total. The van der Waals surface area contributed by atoms with E-state index in [1.165, 1.54) is 0 Å². The van der Waals surface area contributed by atoms with Crippen LogP contribution in [0.25, 0.3) is 0 Å². The first kappa shape index (κ1) is 8.67. The summed E-state index contributed by atoms with van der Waals surface area (Å²) in [5.41, 5.74) is 2.98. The van der Waals surface area contributed by atoms with E-state index in [4.69, 9.17) is 0 Å². The maximum Gasteiger partial charge on any atom is 0.359 e. The van der Waals surface area contributed by atoms with Crippen molar-refractivity contribution in [3.63, 3.8) is 0 Å². The minimum absolute atomic E-state index is 0.918. The van der Waals surface area contributed by atoms with Crippen LogP contribution in [0.5, 0.6) is 0 Å². The first-order valence-electron chi connectivity index (χ1n) is 4.57. The molecule has 68 valence electrons. The molecule has 0 aliphatic carbocycles. The molecule has 1 aliphatic heterocycles. The SMILES string of the molecule is CC=C1C=CC=[N+]=C1c1ccccn1. The molecule has 0 atom stereocenters. The van der Waals surface area contributed by atoms with Crippen LogP contribution in [0.3, 0.4) is 0 Å². The van der Waals surface area contributed by atoms with Crippen molar-refractivity contribution in [1.29, 1.82) is 0 Å². The lowest BCUT2D eigenvalue weighted by Crippen LogP contribution is -2.11. The van der Waals surface area contributed by atoms with Crippen molar-refractivity contribution >= 4 is 11.9 Å². The van der Waals surface area contributed by atoms with Gasteiger partial charge in [-0.1, -0.05) is 16.8 Å². The van der Waals surface area contributed by atoms with E-state index in [1.807, 2.05) is 43.4 Å². The summed E-state index contributed by atoms with van der Waals surface area (Å²) < 4.78 is 4.33. The molecule has 1 aliphatic rings. The Bertz CT molecular complexity index is 446. The van der Waals surface area contributed by atoms with Crippen LogP contribution in [-0.2, 0) is 0 Å². The number of hydrogen-bond acceptors (Lipinski definition) is 1. The molecule has 0 fully saturated rings. The lowest BCUT2D eigenvalue weighted by Gasteiger charge is -1.96. The van der Waals surface area contributed by atoms with Gasteiger partial charge in [-0.15, -0.1) is 0 Å². The molecular weight excluding hydrogens is 172 g/mol. The van der Waals surface area contributed by atoms with Crippen molar-refractivity contribution in [2.45, 2.75) is 6.92 Å². The van der Waals surface area contributed by atoms with Crippen LogP contribution < -0.4 is 4.67 Å². The van der Waals surface area contributed by atoms with Gasteiger partial charge >= 0.3 is 5.71 Å². The van der Waals surface area contributed by atoms with Crippen molar-refractivity contribution in [3.8, 4) is 0 Å². The predicted octanol–water partition coefficient (Wildman–Crippen LogP) is 1.52. The van der Waals surface area contributed by atoms with Gasteiger partial charge in [0.25, 0.3) is 6.21 Å². The first-order chi connectivity index (χ1) is 6.92. The summed E-state index contributed by atoms with van der Waals surface area (Å²) in [5, 5.41) is 0. The van der Waals surface area contributed by atoms with E-state index in [0.717, 1.165) is 17.0 Å². The fourth-order valence-corrected chi connectivity index (χ4v) is 1.37. The number of rotatable bonds is 1.